The standard InChI is InChI=1S/C15H15ClO.C2H6/c1-10-4-6-14(9-11(10)2)17-15-7-5-13(16)8-12(15)3;1-2/h4-9H,1-3H3;1-2H3. The molecule has 0 radical (unpaired) electrons. The van der Waals surface area contributed by atoms with Gasteiger partial charge in [-0.25, -0.2) is 0 Å². The Hall–Kier alpha value is -1.47. The van der Waals surface area contributed by atoms with Gasteiger partial charge in [-0.2, -0.15) is 0 Å². The fourth-order valence-electron chi connectivity index (χ4n) is 1.63. The van der Waals surface area contributed by atoms with E-state index < -0.39 is 0 Å². The Morgan fingerprint density at radius 3 is 2.05 bits per heavy atom. The molecule has 0 atom stereocenters. The second-order valence-electron chi connectivity index (χ2n) is 4.26. The molecule has 0 amide bonds. The molecule has 0 aliphatic carbocycles. The van der Waals surface area contributed by atoms with E-state index in [1.54, 1.807) is 0 Å². The summed E-state index contributed by atoms with van der Waals surface area (Å²) < 4.78 is 5.84. The molecule has 0 saturated heterocycles. The summed E-state index contributed by atoms with van der Waals surface area (Å²) in [5.74, 6) is 1.70. The van der Waals surface area contributed by atoms with Crippen molar-refractivity contribution < 1.29 is 4.74 Å². The molecule has 1 nitrogen and oxygen atoms in total. The zero-order valence-electron chi connectivity index (χ0n) is 12.3. The normalized spacial score (nSPS) is 9.58. The van der Waals surface area contributed by atoms with Crippen molar-refractivity contribution in [2.45, 2.75) is 34.6 Å². The summed E-state index contributed by atoms with van der Waals surface area (Å²) in [5, 5.41) is 0.731. The Bertz CT molecular complexity index is 547. The molecule has 2 aromatic rings. The molecule has 0 unspecified atom stereocenters. The molecule has 0 aliphatic heterocycles. The lowest BCUT2D eigenvalue weighted by atomic mass is 10.1. The van der Waals surface area contributed by atoms with Crippen molar-refractivity contribution in [1.29, 1.82) is 0 Å². The van der Waals surface area contributed by atoms with Gasteiger partial charge in [-0.15, -0.1) is 0 Å². The molecule has 2 rings (SSSR count). The summed E-state index contributed by atoms with van der Waals surface area (Å²) in [4.78, 5) is 0. The highest BCUT2D eigenvalue weighted by Crippen LogP contribution is 2.28. The van der Waals surface area contributed by atoms with Gasteiger partial charge in [-0.05, 0) is 67.8 Å². The van der Waals surface area contributed by atoms with E-state index in [9.17, 15) is 0 Å². The van der Waals surface area contributed by atoms with Crippen LogP contribution in [0.2, 0.25) is 5.02 Å². The number of ether oxygens (including phenoxy) is 1. The molecular weight excluding hydrogens is 256 g/mol. The number of hydrogen-bond donors (Lipinski definition) is 0. The summed E-state index contributed by atoms with van der Waals surface area (Å²) in [6.07, 6.45) is 0. The third-order valence-electron chi connectivity index (χ3n) is 2.84. The molecule has 102 valence electrons. The van der Waals surface area contributed by atoms with E-state index in [2.05, 4.69) is 19.9 Å². The quantitative estimate of drug-likeness (QED) is 0.645. The summed E-state index contributed by atoms with van der Waals surface area (Å²) in [5.41, 5.74) is 3.54. The highest BCUT2D eigenvalue weighted by Gasteiger charge is 2.03. The van der Waals surface area contributed by atoms with Gasteiger partial charge in [0.2, 0.25) is 0 Å². The van der Waals surface area contributed by atoms with Crippen LogP contribution in [0.5, 0.6) is 11.5 Å². The van der Waals surface area contributed by atoms with Gasteiger partial charge in [-0.1, -0.05) is 31.5 Å². The number of rotatable bonds is 2. The van der Waals surface area contributed by atoms with E-state index >= 15 is 0 Å². The van der Waals surface area contributed by atoms with Crippen LogP contribution >= 0.6 is 11.6 Å². The monoisotopic (exact) mass is 276 g/mol. The maximum Gasteiger partial charge on any atom is 0.130 e. The lowest BCUT2D eigenvalue weighted by Crippen LogP contribution is -1.89. The highest BCUT2D eigenvalue weighted by atomic mass is 35.5. The Balaban J connectivity index is 0.000000861. The topological polar surface area (TPSA) is 9.23 Å². The van der Waals surface area contributed by atoms with Crippen molar-refractivity contribution in [2.24, 2.45) is 0 Å². The highest BCUT2D eigenvalue weighted by molar-refractivity contribution is 6.30. The van der Waals surface area contributed by atoms with Crippen molar-refractivity contribution >= 4 is 11.6 Å². The molecule has 19 heavy (non-hydrogen) atoms. The van der Waals surface area contributed by atoms with Crippen molar-refractivity contribution in [3.8, 4) is 11.5 Å². The summed E-state index contributed by atoms with van der Waals surface area (Å²) in [7, 11) is 0. The van der Waals surface area contributed by atoms with Gasteiger partial charge in [0.1, 0.15) is 11.5 Å². The Morgan fingerprint density at radius 1 is 0.789 bits per heavy atom. The SMILES string of the molecule is CC.Cc1ccc(Oc2ccc(Cl)cc2C)cc1C. The third kappa shape index (κ3) is 4.29. The van der Waals surface area contributed by atoms with Crippen molar-refractivity contribution in [3.05, 3.63) is 58.1 Å². The third-order valence-corrected chi connectivity index (χ3v) is 3.08. The van der Waals surface area contributed by atoms with Gasteiger partial charge in [0, 0.05) is 5.02 Å². The first kappa shape index (κ1) is 15.6. The zero-order valence-corrected chi connectivity index (χ0v) is 13.0. The molecule has 0 aromatic heterocycles. The van der Waals surface area contributed by atoms with E-state index in [1.807, 2.05) is 51.1 Å². The average molecular weight is 277 g/mol. The molecule has 0 heterocycles. The van der Waals surface area contributed by atoms with Gasteiger partial charge >= 0.3 is 0 Å². The minimum atomic E-state index is 0.731. The first-order valence-electron chi connectivity index (χ1n) is 6.57. The van der Waals surface area contributed by atoms with Crippen LogP contribution in [0.3, 0.4) is 0 Å². The molecule has 0 bridgehead atoms. The van der Waals surface area contributed by atoms with E-state index in [4.69, 9.17) is 16.3 Å². The molecule has 0 saturated carbocycles. The zero-order chi connectivity index (χ0) is 14.4. The maximum absolute atomic E-state index is 5.91. The number of halogens is 1. The first-order valence-corrected chi connectivity index (χ1v) is 6.95. The molecule has 0 spiro atoms. The minimum Gasteiger partial charge on any atom is -0.457 e. The van der Waals surface area contributed by atoms with Crippen molar-refractivity contribution in [1.82, 2.24) is 0 Å². The van der Waals surface area contributed by atoms with Crippen LogP contribution < -0.4 is 4.74 Å². The minimum absolute atomic E-state index is 0.731. The fourth-order valence-corrected chi connectivity index (χ4v) is 1.86. The fraction of sp³-hybridized carbons (Fsp3) is 0.294. The Morgan fingerprint density at radius 2 is 1.47 bits per heavy atom. The van der Waals surface area contributed by atoms with E-state index in [0.717, 1.165) is 22.1 Å². The van der Waals surface area contributed by atoms with Gasteiger partial charge < -0.3 is 4.74 Å². The van der Waals surface area contributed by atoms with E-state index in [0.29, 0.717) is 0 Å². The average Bonchev–Trinajstić information content (AvgIpc) is 2.39. The number of hydrogen-bond acceptors (Lipinski definition) is 1. The predicted molar refractivity (Wildman–Crippen MR) is 83.5 cm³/mol. The number of benzene rings is 2. The van der Waals surface area contributed by atoms with Gasteiger partial charge in [0.15, 0.2) is 0 Å². The van der Waals surface area contributed by atoms with Crippen molar-refractivity contribution in [3.63, 3.8) is 0 Å². The summed E-state index contributed by atoms with van der Waals surface area (Å²) >= 11 is 5.91. The molecule has 0 aliphatic rings. The van der Waals surface area contributed by atoms with Crippen molar-refractivity contribution in [2.75, 3.05) is 0 Å². The van der Waals surface area contributed by atoms with E-state index in [-0.39, 0.29) is 0 Å². The van der Waals surface area contributed by atoms with Crippen LogP contribution in [0, 0.1) is 20.8 Å². The first-order chi connectivity index (χ1) is 9.06. The molecular formula is C17H21ClO. The van der Waals surface area contributed by atoms with Crippen LogP contribution in [-0.4, -0.2) is 0 Å². The lowest BCUT2D eigenvalue weighted by Gasteiger charge is -2.10. The van der Waals surface area contributed by atoms with Crippen LogP contribution in [-0.2, 0) is 0 Å². The Kier molecular flexibility index (Phi) is 5.91. The van der Waals surface area contributed by atoms with Crippen LogP contribution in [0.15, 0.2) is 36.4 Å². The van der Waals surface area contributed by atoms with Crippen LogP contribution in [0.1, 0.15) is 30.5 Å². The Labute approximate surface area is 121 Å². The molecule has 0 N–H and O–H groups in total. The second-order valence-corrected chi connectivity index (χ2v) is 4.69. The van der Waals surface area contributed by atoms with Gasteiger partial charge in [0.25, 0.3) is 0 Å². The largest absolute Gasteiger partial charge is 0.457 e. The summed E-state index contributed by atoms with van der Waals surface area (Å²) in [6, 6.07) is 11.7. The van der Waals surface area contributed by atoms with E-state index in [1.165, 1.54) is 11.1 Å². The molecule has 2 aromatic carbocycles. The smallest absolute Gasteiger partial charge is 0.130 e. The van der Waals surface area contributed by atoms with Crippen LogP contribution in [0.25, 0.3) is 0 Å². The summed E-state index contributed by atoms with van der Waals surface area (Å²) in [6.45, 7) is 10.2. The predicted octanol–water partition coefficient (Wildman–Crippen LogP) is 6.08. The second kappa shape index (κ2) is 7.20. The molecule has 2 heteroatoms. The number of aryl methyl sites for hydroxylation is 3. The maximum atomic E-state index is 5.91. The molecule has 0 fully saturated rings. The van der Waals surface area contributed by atoms with Crippen LogP contribution in [0.4, 0.5) is 0 Å². The van der Waals surface area contributed by atoms with Gasteiger partial charge in [-0.3, -0.25) is 0 Å². The lowest BCUT2D eigenvalue weighted by molar-refractivity contribution is 0.478. The van der Waals surface area contributed by atoms with Gasteiger partial charge in [0.05, 0.1) is 0 Å².